The normalized spacial score (nSPS) is 11.4. The Hall–Kier alpha value is -2.37. The maximum Gasteiger partial charge on any atom is 0.240 e. The number of carbonyl (C=O) groups excluding carboxylic acids is 3. The van der Waals surface area contributed by atoms with Gasteiger partial charge in [-0.3, -0.25) is 14.4 Å². The smallest absolute Gasteiger partial charge is 0.240 e. The van der Waals surface area contributed by atoms with E-state index in [1.807, 2.05) is 30.3 Å². The highest BCUT2D eigenvalue weighted by Crippen LogP contribution is 2.02. The van der Waals surface area contributed by atoms with Gasteiger partial charge in [0.1, 0.15) is 6.04 Å². The van der Waals surface area contributed by atoms with Crippen LogP contribution in [-0.4, -0.2) is 30.3 Å². The molecule has 0 heterocycles. The van der Waals surface area contributed by atoms with Gasteiger partial charge in [0.15, 0.2) is 0 Å². The Morgan fingerprint density at radius 2 is 1.84 bits per heavy atom. The van der Waals surface area contributed by atoms with Gasteiger partial charge in [-0.15, -0.1) is 0 Å². The van der Waals surface area contributed by atoms with E-state index in [1.165, 1.54) is 6.92 Å². The van der Waals surface area contributed by atoms with Gasteiger partial charge < -0.3 is 16.4 Å². The molecule has 0 saturated carbocycles. The largest absolute Gasteiger partial charge is 0.368 e. The standard InChI is InChI=1S/C13H17N3O3/c1-9(17)15-8-12(18)16-11(13(14)19)7-10-5-3-2-4-6-10/h2-6,11H,7-8H2,1H3,(H2,14,19)(H,15,17)(H,16,18)/t11-/m0/s1. The molecule has 6 nitrogen and oxygen atoms in total. The maximum absolute atomic E-state index is 11.5. The zero-order valence-corrected chi connectivity index (χ0v) is 10.7. The molecule has 0 radical (unpaired) electrons. The maximum atomic E-state index is 11.5. The molecule has 0 aromatic heterocycles. The number of amides is 3. The highest BCUT2D eigenvalue weighted by Gasteiger charge is 2.18. The Kier molecular flexibility index (Phi) is 5.53. The molecule has 0 saturated heterocycles. The molecule has 0 fully saturated rings. The molecule has 1 aromatic carbocycles. The summed E-state index contributed by atoms with van der Waals surface area (Å²) in [5.41, 5.74) is 6.14. The lowest BCUT2D eigenvalue weighted by Gasteiger charge is -2.15. The van der Waals surface area contributed by atoms with Gasteiger partial charge in [-0.05, 0) is 5.56 Å². The highest BCUT2D eigenvalue weighted by molar-refractivity contribution is 5.89. The van der Waals surface area contributed by atoms with Gasteiger partial charge >= 0.3 is 0 Å². The van der Waals surface area contributed by atoms with Crippen molar-refractivity contribution >= 4 is 17.7 Å². The van der Waals surface area contributed by atoms with Crippen molar-refractivity contribution in [1.29, 1.82) is 0 Å². The summed E-state index contributed by atoms with van der Waals surface area (Å²) in [6.45, 7) is 1.14. The second kappa shape index (κ2) is 7.15. The van der Waals surface area contributed by atoms with E-state index >= 15 is 0 Å². The fraction of sp³-hybridized carbons (Fsp3) is 0.308. The minimum atomic E-state index is -0.788. The van der Waals surface area contributed by atoms with E-state index in [9.17, 15) is 14.4 Å². The van der Waals surface area contributed by atoms with Gasteiger partial charge in [0.25, 0.3) is 0 Å². The van der Waals surface area contributed by atoms with E-state index in [0.29, 0.717) is 6.42 Å². The fourth-order valence-electron chi connectivity index (χ4n) is 1.52. The van der Waals surface area contributed by atoms with E-state index in [-0.39, 0.29) is 12.5 Å². The average molecular weight is 263 g/mol. The Labute approximate surface area is 111 Å². The van der Waals surface area contributed by atoms with Crippen molar-refractivity contribution in [2.45, 2.75) is 19.4 Å². The van der Waals surface area contributed by atoms with Crippen LogP contribution in [0.2, 0.25) is 0 Å². The summed E-state index contributed by atoms with van der Waals surface area (Å²) in [4.78, 5) is 33.5. The fourth-order valence-corrected chi connectivity index (χ4v) is 1.52. The average Bonchev–Trinajstić information content (AvgIpc) is 2.36. The lowest BCUT2D eigenvalue weighted by molar-refractivity contribution is -0.128. The Morgan fingerprint density at radius 3 is 2.37 bits per heavy atom. The lowest BCUT2D eigenvalue weighted by atomic mass is 10.1. The van der Waals surface area contributed by atoms with Crippen LogP contribution in [0.25, 0.3) is 0 Å². The summed E-state index contributed by atoms with van der Waals surface area (Å²) in [5, 5.41) is 4.84. The number of nitrogens with two attached hydrogens (primary N) is 1. The van der Waals surface area contributed by atoms with E-state index in [2.05, 4.69) is 10.6 Å². The SMILES string of the molecule is CC(=O)NCC(=O)N[C@@H](Cc1ccccc1)C(N)=O. The molecule has 6 heteroatoms. The number of hydrogen-bond donors (Lipinski definition) is 3. The van der Waals surface area contributed by atoms with E-state index in [4.69, 9.17) is 5.73 Å². The molecule has 0 aliphatic heterocycles. The van der Waals surface area contributed by atoms with Crippen LogP contribution in [0.15, 0.2) is 30.3 Å². The van der Waals surface area contributed by atoms with Crippen LogP contribution in [0.1, 0.15) is 12.5 Å². The summed E-state index contributed by atoms with van der Waals surface area (Å²) in [7, 11) is 0. The number of benzene rings is 1. The molecule has 3 amide bonds. The van der Waals surface area contributed by atoms with Gasteiger partial charge in [-0.2, -0.15) is 0 Å². The van der Waals surface area contributed by atoms with E-state index in [0.717, 1.165) is 5.56 Å². The van der Waals surface area contributed by atoms with Crippen molar-refractivity contribution in [3.05, 3.63) is 35.9 Å². The first-order chi connectivity index (χ1) is 8.99. The number of nitrogens with one attached hydrogen (secondary N) is 2. The molecule has 0 spiro atoms. The molecule has 0 aliphatic carbocycles. The van der Waals surface area contributed by atoms with E-state index in [1.54, 1.807) is 0 Å². The molecular formula is C13H17N3O3. The summed E-state index contributed by atoms with van der Waals surface area (Å²) in [6.07, 6.45) is 0.321. The molecule has 0 unspecified atom stereocenters. The van der Waals surface area contributed by atoms with Crippen LogP contribution in [0, 0.1) is 0 Å². The third kappa shape index (κ3) is 5.67. The highest BCUT2D eigenvalue weighted by atomic mass is 16.2. The van der Waals surface area contributed by atoms with Gasteiger partial charge in [-0.1, -0.05) is 30.3 Å². The third-order valence-corrected chi connectivity index (χ3v) is 2.46. The number of rotatable bonds is 6. The number of carbonyl (C=O) groups is 3. The van der Waals surface area contributed by atoms with E-state index < -0.39 is 17.9 Å². The van der Waals surface area contributed by atoms with Crippen LogP contribution in [-0.2, 0) is 20.8 Å². The molecule has 1 atom stereocenters. The Balaban J connectivity index is 2.56. The van der Waals surface area contributed by atoms with Gasteiger partial charge in [0.2, 0.25) is 17.7 Å². The predicted molar refractivity (Wildman–Crippen MR) is 70.0 cm³/mol. The van der Waals surface area contributed by atoms with Gasteiger partial charge in [0.05, 0.1) is 6.54 Å². The molecule has 4 N–H and O–H groups in total. The zero-order chi connectivity index (χ0) is 14.3. The Bertz CT molecular complexity index is 459. The molecule has 19 heavy (non-hydrogen) atoms. The molecule has 0 aliphatic rings. The van der Waals surface area contributed by atoms with Crippen molar-refractivity contribution in [2.24, 2.45) is 5.73 Å². The minimum absolute atomic E-state index is 0.173. The second-order valence-corrected chi connectivity index (χ2v) is 4.12. The van der Waals surface area contributed by atoms with Crippen molar-refractivity contribution < 1.29 is 14.4 Å². The Morgan fingerprint density at radius 1 is 1.21 bits per heavy atom. The monoisotopic (exact) mass is 263 g/mol. The topological polar surface area (TPSA) is 101 Å². The van der Waals surface area contributed by atoms with Gasteiger partial charge in [0, 0.05) is 13.3 Å². The van der Waals surface area contributed by atoms with Crippen molar-refractivity contribution in [3.63, 3.8) is 0 Å². The predicted octanol–water partition coefficient (Wildman–Crippen LogP) is -0.665. The van der Waals surface area contributed by atoms with Crippen LogP contribution in [0.5, 0.6) is 0 Å². The first-order valence-electron chi connectivity index (χ1n) is 5.86. The van der Waals surface area contributed by atoms with Crippen molar-refractivity contribution in [3.8, 4) is 0 Å². The van der Waals surface area contributed by atoms with Crippen LogP contribution < -0.4 is 16.4 Å². The summed E-state index contributed by atoms with van der Waals surface area (Å²) in [6, 6.07) is 8.44. The van der Waals surface area contributed by atoms with Crippen LogP contribution in [0.3, 0.4) is 0 Å². The molecular weight excluding hydrogens is 246 g/mol. The third-order valence-electron chi connectivity index (χ3n) is 2.46. The van der Waals surface area contributed by atoms with Crippen LogP contribution in [0.4, 0.5) is 0 Å². The summed E-state index contributed by atoms with van der Waals surface area (Å²) >= 11 is 0. The number of hydrogen-bond acceptors (Lipinski definition) is 3. The molecule has 0 bridgehead atoms. The second-order valence-electron chi connectivity index (χ2n) is 4.12. The quantitative estimate of drug-likeness (QED) is 0.634. The molecule has 102 valence electrons. The van der Waals surface area contributed by atoms with Crippen LogP contribution >= 0.6 is 0 Å². The lowest BCUT2D eigenvalue weighted by Crippen LogP contribution is -2.48. The number of primary amides is 1. The summed E-state index contributed by atoms with van der Waals surface area (Å²) < 4.78 is 0. The molecule has 1 rings (SSSR count). The van der Waals surface area contributed by atoms with Crippen molar-refractivity contribution in [2.75, 3.05) is 6.54 Å². The first kappa shape index (κ1) is 14.7. The van der Waals surface area contributed by atoms with Gasteiger partial charge in [-0.25, -0.2) is 0 Å². The molecule has 1 aromatic rings. The summed E-state index contributed by atoms with van der Waals surface area (Å²) in [5.74, 6) is -1.37. The minimum Gasteiger partial charge on any atom is -0.368 e. The first-order valence-corrected chi connectivity index (χ1v) is 5.86. The van der Waals surface area contributed by atoms with Crippen molar-refractivity contribution in [1.82, 2.24) is 10.6 Å². The zero-order valence-electron chi connectivity index (χ0n) is 10.7.